The van der Waals surface area contributed by atoms with Gasteiger partial charge in [0.2, 0.25) is 10.0 Å². The molecule has 5 heteroatoms. The molecule has 0 saturated carbocycles. The summed E-state index contributed by atoms with van der Waals surface area (Å²) in [5, 5.41) is 0. The minimum Gasteiger partial charge on any atom is -0.297 e. The smallest absolute Gasteiger partial charge is 0.214 e. The zero-order chi connectivity index (χ0) is 17.0. The van der Waals surface area contributed by atoms with Gasteiger partial charge in [0, 0.05) is 25.7 Å². The van der Waals surface area contributed by atoms with E-state index in [1.165, 1.54) is 5.56 Å². The molecule has 0 N–H and O–H groups in total. The van der Waals surface area contributed by atoms with E-state index in [0.717, 1.165) is 12.1 Å². The van der Waals surface area contributed by atoms with E-state index in [1.54, 1.807) is 4.31 Å². The van der Waals surface area contributed by atoms with Crippen LogP contribution in [0.4, 0.5) is 0 Å². The number of rotatable bonds is 5. The van der Waals surface area contributed by atoms with Crippen LogP contribution in [0.2, 0.25) is 0 Å². The first-order valence-electron chi connectivity index (χ1n) is 8.33. The summed E-state index contributed by atoms with van der Waals surface area (Å²) in [6.07, 6.45) is 0.561. The molecule has 0 spiro atoms. The average Bonchev–Trinajstić information content (AvgIpc) is 2.62. The first kappa shape index (κ1) is 17.1. The Bertz CT molecular complexity index is 747. The highest BCUT2D eigenvalue weighted by Crippen LogP contribution is 2.25. The Morgan fingerprint density at radius 3 is 2.25 bits per heavy atom. The van der Waals surface area contributed by atoms with Gasteiger partial charge in [0.05, 0.1) is 5.75 Å². The van der Waals surface area contributed by atoms with Crippen molar-refractivity contribution >= 4 is 10.0 Å². The van der Waals surface area contributed by atoms with Gasteiger partial charge in [-0.05, 0) is 24.6 Å². The van der Waals surface area contributed by atoms with E-state index in [4.69, 9.17) is 0 Å². The van der Waals surface area contributed by atoms with Crippen molar-refractivity contribution in [1.29, 1.82) is 0 Å². The van der Waals surface area contributed by atoms with Crippen molar-refractivity contribution in [1.82, 2.24) is 9.21 Å². The normalized spacial score (nSPS) is 20.1. The molecular weight excluding hydrogens is 320 g/mol. The highest BCUT2D eigenvalue weighted by Gasteiger charge is 2.32. The lowest BCUT2D eigenvalue weighted by Gasteiger charge is -2.39. The van der Waals surface area contributed by atoms with Gasteiger partial charge < -0.3 is 0 Å². The van der Waals surface area contributed by atoms with Gasteiger partial charge in [0.25, 0.3) is 0 Å². The molecule has 0 amide bonds. The van der Waals surface area contributed by atoms with Crippen molar-refractivity contribution in [3.8, 4) is 0 Å². The summed E-state index contributed by atoms with van der Waals surface area (Å²) in [6, 6.07) is 20.1. The van der Waals surface area contributed by atoms with Gasteiger partial charge in [-0.15, -0.1) is 0 Å². The first-order valence-corrected chi connectivity index (χ1v) is 9.94. The van der Waals surface area contributed by atoms with E-state index >= 15 is 0 Å². The van der Waals surface area contributed by atoms with E-state index in [-0.39, 0.29) is 11.8 Å². The van der Waals surface area contributed by atoms with Gasteiger partial charge >= 0.3 is 0 Å². The van der Waals surface area contributed by atoms with Gasteiger partial charge in [-0.1, -0.05) is 60.7 Å². The van der Waals surface area contributed by atoms with Crippen LogP contribution >= 0.6 is 0 Å². The lowest BCUT2D eigenvalue weighted by Crippen LogP contribution is -2.49. The Morgan fingerprint density at radius 2 is 1.58 bits per heavy atom. The van der Waals surface area contributed by atoms with Gasteiger partial charge in [0.15, 0.2) is 0 Å². The van der Waals surface area contributed by atoms with Crippen molar-refractivity contribution in [2.45, 2.75) is 12.5 Å². The second-order valence-electron chi connectivity index (χ2n) is 6.32. The third-order valence-electron chi connectivity index (χ3n) is 4.68. The predicted molar refractivity (Wildman–Crippen MR) is 97.3 cm³/mol. The van der Waals surface area contributed by atoms with Crippen LogP contribution in [0.3, 0.4) is 0 Å². The molecule has 1 atom stereocenters. The molecule has 0 aliphatic carbocycles. The Morgan fingerprint density at radius 1 is 0.958 bits per heavy atom. The number of likely N-dealkylation sites (N-methyl/N-ethyl adjacent to an activating group) is 1. The number of piperazine rings is 1. The van der Waals surface area contributed by atoms with Crippen LogP contribution in [0.1, 0.15) is 17.2 Å². The number of aryl methyl sites for hydroxylation is 1. The molecule has 24 heavy (non-hydrogen) atoms. The summed E-state index contributed by atoms with van der Waals surface area (Å²) in [6.45, 7) is 1.85. The van der Waals surface area contributed by atoms with Crippen LogP contribution in [-0.4, -0.2) is 50.1 Å². The van der Waals surface area contributed by atoms with E-state index in [0.29, 0.717) is 19.5 Å². The number of hydrogen-bond donors (Lipinski definition) is 0. The molecule has 1 heterocycles. The molecule has 1 saturated heterocycles. The average molecular weight is 344 g/mol. The molecule has 3 rings (SSSR count). The maximum atomic E-state index is 12.7. The maximum Gasteiger partial charge on any atom is 0.214 e. The zero-order valence-corrected chi connectivity index (χ0v) is 14.8. The minimum absolute atomic E-state index is 0.117. The number of benzene rings is 2. The van der Waals surface area contributed by atoms with Crippen molar-refractivity contribution in [3.05, 3.63) is 71.8 Å². The number of nitrogens with zero attached hydrogens (tertiary/aromatic N) is 2. The Kier molecular flexibility index (Phi) is 5.33. The minimum atomic E-state index is -3.24. The standard InChI is InChI=1S/C19H24N2O2S/c1-20-13-14-21(16-19(20)18-10-6-3-7-11-18)24(22,23)15-12-17-8-4-2-5-9-17/h2-11,19H,12-16H2,1H3. The van der Waals surface area contributed by atoms with Crippen LogP contribution in [-0.2, 0) is 16.4 Å². The van der Waals surface area contributed by atoms with Crippen LogP contribution < -0.4 is 0 Å². The van der Waals surface area contributed by atoms with Crippen LogP contribution in [0.15, 0.2) is 60.7 Å². The van der Waals surface area contributed by atoms with Crippen LogP contribution in [0.5, 0.6) is 0 Å². The van der Waals surface area contributed by atoms with Gasteiger partial charge in [0.1, 0.15) is 0 Å². The number of hydrogen-bond acceptors (Lipinski definition) is 3. The zero-order valence-electron chi connectivity index (χ0n) is 14.0. The van der Waals surface area contributed by atoms with E-state index < -0.39 is 10.0 Å². The molecule has 0 radical (unpaired) electrons. The quantitative estimate of drug-likeness (QED) is 0.837. The summed E-state index contributed by atoms with van der Waals surface area (Å²) in [5.41, 5.74) is 2.23. The molecule has 2 aromatic rings. The molecule has 4 nitrogen and oxygen atoms in total. The third kappa shape index (κ3) is 4.04. The monoisotopic (exact) mass is 344 g/mol. The number of sulfonamides is 1. The highest BCUT2D eigenvalue weighted by molar-refractivity contribution is 7.89. The SMILES string of the molecule is CN1CCN(S(=O)(=O)CCc2ccccc2)CC1c1ccccc1. The van der Waals surface area contributed by atoms with Crippen molar-refractivity contribution in [2.24, 2.45) is 0 Å². The molecule has 0 aromatic heterocycles. The Labute approximate surface area is 144 Å². The summed E-state index contributed by atoms with van der Waals surface area (Å²) in [5.74, 6) is 0.169. The second kappa shape index (κ2) is 7.47. The fraction of sp³-hybridized carbons (Fsp3) is 0.368. The van der Waals surface area contributed by atoms with Gasteiger partial charge in [-0.3, -0.25) is 4.90 Å². The van der Waals surface area contributed by atoms with Crippen LogP contribution in [0, 0.1) is 0 Å². The van der Waals surface area contributed by atoms with Gasteiger partial charge in [-0.25, -0.2) is 8.42 Å². The molecule has 128 valence electrons. The van der Waals surface area contributed by atoms with E-state index in [2.05, 4.69) is 24.1 Å². The summed E-state index contributed by atoms with van der Waals surface area (Å²) in [4.78, 5) is 2.23. The highest BCUT2D eigenvalue weighted by atomic mass is 32.2. The first-order chi connectivity index (χ1) is 11.6. The van der Waals surface area contributed by atoms with Gasteiger partial charge in [-0.2, -0.15) is 4.31 Å². The lowest BCUT2D eigenvalue weighted by atomic mass is 10.0. The van der Waals surface area contributed by atoms with E-state index in [1.807, 2.05) is 48.5 Å². The predicted octanol–water partition coefficient (Wildman–Crippen LogP) is 2.55. The molecule has 1 aliphatic rings. The molecule has 0 bridgehead atoms. The molecule has 1 unspecified atom stereocenters. The maximum absolute atomic E-state index is 12.7. The largest absolute Gasteiger partial charge is 0.297 e. The molecule has 1 aliphatic heterocycles. The molecular formula is C19H24N2O2S. The third-order valence-corrected chi connectivity index (χ3v) is 6.52. The van der Waals surface area contributed by atoms with Crippen molar-refractivity contribution < 1.29 is 8.42 Å². The fourth-order valence-electron chi connectivity index (χ4n) is 3.16. The summed E-state index contributed by atoms with van der Waals surface area (Å²) >= 11 is 0. The topological polar surface area (TPSA) is 40.6 Å². The van der Waals surface area contributed by atoms with Crippen molar-refractivity contribution in [2.75, 3.05) is 32.4 Å². The molecule has 1 fully saturated rings. The van der Waals surface area contributed by atoms with Crippen LogP contribution in [0.25, 0.3) is 0 Å². The Hall–Kier alpha value is -1.69. The van der Waals surface area contributed by atoms with Crippen molar-refractivity contribution in [3.63, 3.8) is 0 Å². The lowest BCUT2D eigenvalue weighted by molar-refractivity contribution is 0.148. The second-order valence-corrected chi connectivity index (χ2v) is 8.41. The summed E-state index contributed by atoms with van der Waals surface area (Å²) in [7, 11) is -1.18. The Balaban J connectivity index is 1.69. The van der Waals surface area contributed by atoms with E-state index in [9.17, 15) is 8.42 Å². The fourth-order valence-corrected chi connectivity index (χ4v) is 4.64. The molecule has 2 aromatic carbocycles. The summed E-state index contributed by atoms with van der Waals surface area (Å²) < 4.78 is 27.2.